The first-order valence-corrected chi connectivity index (χ1v) is 11.3. The van der Waals surface area contributed by atoms with Gasteiger partial charge in [0, 0.05) is 18.8 Å². The predicted molar refractivity (Wildman–Crippen MR) is 130 cm³/mol. The van der Waals surface area contributed by atoms with Crippen LogP contribution in [0.5, 0.6) is 17.2 Å². The quantitative estimate of drug-likeness (QED) is 0.519. The summed E-state index contributed by atoms with van der Waals surface area (Å²) in [5.41, 5.74) is 0.845. The number of piperidine rings is 1. The molecule has 33 heavy (non-hydrogen) atoms. The van der Waals surface area contributed by atoms with Gasteiger partial charge >= 0.3 is 6.09 Å². The van der Waals surface area contributed by atoms with Gasteiger partial charge in [-0.15, -0.1) is 12.4 Å². The number of carbonyl (C=O) groups excluding carboxylic acids is 1. The average Bonchev–Trinajstić information content (AvgIpc) is 3.21. The Morgan fingerprint density at radius 3 is 2.09 bits per heavy atom. The number of hydrogen-bond donors (Lipinski definition) is 0. The molecule has 2 fully saturated rings. The summed E-state index contributed by atoms with van der Waals surface area (Å²) in [6.07, 6.45) is 3.87. The lowest BCUT2D eigenvalue weighted by molar-refractivity contribution is 0.0944. The molecule has 2 heterocycles. The highest BCUT2D eigenvalue weighted by atomic mass is 35.5. The number of methoxy groups -OCH3 is 2. The summed E-state index contributed by atoms with van der Waals surface area (Å²) in [5, 5.41) is 0. The van der Waals surface area contributed by atoms with E-state index in [-0.39, 0.29) is 30.7 Å². The van der Waals surface area contributed by atoms with Gasteiger partial charge in [-0.05, 0) is 80.8 Å². The van der Waals surface area contributed by atoms with Crippen LogP contribution >= 0.6 is 12.4 Å². The smallest absolute Gasteiger partial charge is 0.414 e. The van der Waals surface area contributed by atoms with Crippen molar-refractivity contribution < 1.29 is 23.7 Å². The summed E-state index contributed by atoms with van der Waals surface area (Å²) in [4.78, 5) is 16.4. The minimum Gasteiger partial charge on any atom is -0.497 e. The molecule has 8 heteroatoms. The maximum absolute atomic E-state index is 12.3. The van der Waals surface area contributed by atoms with E-state index >= 15 is 0 Å². The number of carbonyl (C=O) groups is 1. The van der Waals surface area contributed by atoms with Crippen LogP contribution in [0, 0.1) is 0 Å². The molecule has 2 aromatic carbocycles. The fraction of sp³-hybridized carbons (Fsp3) is 0.480. The zero-order valence-corrected chi connectivity index (χ0v) is 20.1. The molecule has 0 spiro atoms. The third-order valence-corrected chi connectivity index (χ3v) is 6.16. The molecule has 0 aliphatic carbocycles. The molecule has 4 rings (SSSR count). The monoisotopic (exact) mass is 476 g/mol. The number of amides is 1. The summed E-state index contributed by atoms with van der Waals surface area (Å²) in [5.74, 6) is 2.51. The van der Waals surface area contributed by atoms with Crippen LogP contribution in [0.15, 0.2) is 48.5 Å². The summed E-state index contributed by atoms with van der Waals surface area (Å²) in [6, 6.07) is 15.3. The summed E-state index contributed by atoms with van der Waals surface area (Å²) >= 11 is 0. The number of anilines is 1. The summed E-state index contributed by atoms with van der Waals surface area (Å²) in [6.45, 7) is 3.68. The van der Waals surface area contributed by atoms with Crippen molar-refractivity contribution in [3.05, 3.63) is 48.5 Å². The van der Waals surface area contributed by atoms with Gasteiger partial charge in [-0.25, -0.2) is 4.79 Å². The van der Waals surface area contributed by atoms with Gasteiger partial charge in [0.25, 0.3) is 0 Å². The standard InChI is InChI=1S/C25H32N2O5.ClH/c1-29-20-7-5-19(6-8-20)27-18-24(32-25(27)28)4-3-15-26-16-13-23(14-17-26)31-22-11-9-21(30-2)10-12-22;/h5-12,23-24H,3-4,13-18H2,1-2H3;1H. The Morgan fingerprint density at radius 1 is 0.909 bits per heavy atom. The van der Waals surface area contributed by atoms with Crippen LogP contribution in [-0.2, 0) is 4.74 Å². The molecule has 0 aromatic heterocycles. The van der Waals surface area contributed by atoms with Gasteiger partial charge in [0.1, 0.15) is 29.5 Å². The van der Waals surface area contributed by atoms with Gasteiger partial charge in [0.05, 0.1) is 20.8 Å². The normalized spacial score (nSPS) is 19.0. The molecule has 2 aromatic rings. The van der Waals surface area contributed by atoms with Gasteiger partial charge in [0.15, 0.2) is 0 Å². The Kier molecular flexibility index (Phi) is 9.09. The third-order valence-electron chi connectivity index (χ3n) is 6.16. The first kappa shape index (κ1) is 25.0. The molecular weight excluding hydrogens is 444 g/mol. The molecule has 1 unspecified atom stereocenters. The summed E-state index contributed by atoms with van der Waals surface area (Å²) < 4.78 is 22.1. The van der Waals surface area contributed by atoms with Crippen LogP contribution in [0.4, 0.5) is 10.5 Å². The lowest BCUT2D eigenvalue weighted by atomic mass is 10.1. The topological polar surface area (TPSA) is 60.5 Å². The van der Waals surface area contributed by atoms with Gasteiger partial charge in [0.2, 0.25) is 0 Å². The lowest BCUT2D eigenvalue weighted by Crippen LogP contribution is -2.39. The van der Waals surface area contributed by atoms with Crippen molar-refractivity contribution in [2.24, 2.45) is 0 Å². The number of benzene rings is 2. The van der Waals surface area contributed by atoms with Crippen molar-refractivity contribution in [2.75, 3.05) is 45.3 Å². The molecule has 0 bridgehead atoms. The van der Waals surface area contributed by atoms with E-state index in [1.54, 1.807) is 19.1 Å². The minimum absolute atomic E-state index is 0. The molecule has 2 saturated heterocycles. The molecule has 0 N–H and O–H groups in total. The minimum atomic E-state index is -0.267. The van der Waals surface area contributed by atoms with Crippen molar-refractivity contribution >= 4 is 24.2 Å². The fourth-order valence-electron chi connectivity index (χ4n) is 4.28. The van der Waals surface area contributed by atoms with Crippen LogP contribution in [0.3, 0.4) is 0 Å². The Hall–Kier alpha value is -2.64. The Balaban J connectivity index is 0.00000306. The third kappa shape index (κ3) is 6.68. The predicted octanol–water partition coefficient (Wildman–Crippen LogP) is 4.77. The van der Waals surface area contributed by atoms with Gasteiger partial charge in [-0.1, -0.05) is 0 Å². The first-order valence-electron chi connectivity index (χ1n) is 11.3. The number of ether oxygens (including phenoxy) is 4. The van der Waals surface area contributed by atoms with E-state index in [1.165, 1.54) is 0 Å². The van der Waals surface area contributed by atoms with Crippen molar-refractivity contribution in [1.82, 2.24) is 4.90 Å². The lowest BCUT2D eigenvalue weighted by Gasteiger charge is -2.32. The number of rotatable bonds is 9. The highest BCUT2D eigenvalue weighted by Crippen LogP contribution is 2.26. The van der Waals surface area contributed by atoms with Crippen LogP contribution < -0.4 is 19.1 Å². The second-order valence-corrected chi connectivity index (χ2v) is 8.29. The molecule has 0 saturated carbocycles. The molecule has 1 amide bonds. The second kappa shape index (κ2) is 12.0. The SMILES string of the molecule is COc1ccc(OC2CCN(CCCC3CN(c4ccc(OC)cc4)C(=O)O3)CC2)cc1.Cl. The van der Waals surface area contributed by atoms with E-state index in [9.17, 15) is 4.79 Å². The fourth-order valence-corrected chi connectivity index (χ4v) is 4.28. The van der Waals surface area contributed by atoms with E-state index in [0.717, 1.165) is 68.3 Å². The van der Waals surface area contributed by atoms with Crippen molar-refractivity contribution in [3.63, 3.8) is 0 Å². The second-order valence-electron chi connectivity index (χ2n) is 8.29. The zero-order valence-electron chi connectivity index (χ0n) is 19.3. The van der Waals surface area contributed by atoms with E-state index in [1.807, 2.05) is 48.5 Å². The number of cyclic esters (lactones) is 1. The molecule has 1 atom stereocenters. The van der Waals surface area contributed by atoms with Crippen molar-refractivity contribution in [1.29, 1.82) is 0 Å². The molecule has 0 radical (unpaired) electrons. The molecular formula is C25H33ClN2O5. The van der Waals surface area contributed by atoms with Crippen LogP contribution in [0.25, 0.3) is 0 Å². The van der Waals surface area contributed by atoms with Crippen LogP contribution in [-0.4, -0.2) is 63.6 Å². The van der Waals surface area contributed by atoms with Gasteiger partial charge < -0.3 is 23.8 Å². The first-order chi connectivity index (χ1) is 15.6. The number of halogens is 1. The molecule has 7 nitrogen and oxygen atoms in total. The van der Waals surface area contributed by atoms with E-state index < -0.39 is 0 Å². The Labute approximate surface area is 202 Å². The van der Waals surface area contributed by atoms with Crippen LogP contribution in [0.1, 0.15) is 25.7 Å². The highest BCUT2D eigenvalue weighted by molar-refractivity contribution is 5.89. The molecule has 180 valence electrons. The van der Waals surface area contributed by atoms with Crippen molar-refractivity contribution in [2.45, 2.75) is 37.9 Å². The van der Waals surface area contributed by atoms with E-state index in [4.69, 9.17) is 18.9 Å². The molecule has 2 aliphatic rings. The van der Waals surface area contributed by atoms with E-state index in [2.05, 4.69) is 4.90 Å². The number of likely N-dealkylation sites (tertiary alicyclic amines) is 1. The van der Waals surface area contributed by atoms with Crippen molar-refractivity contribution in [3.8, 4) is 17.2 Å². The van der Waals surface area contributed by atoms with E-state index in [0.29, 0.717) is 6.54 Å². The molecule has 2 aliphatic heterocycles. The zero-order chi connectivity index (χ0) is 22.3. The van der Waals surface area contributed by atoms with Crippen LogP contribution in [0.2, 0.25) is 0 Å². The Bertz CT molecular complexity index is 869. The summed E-state index contributed by atoms with van der Waals surface area (Å²) in [7, 11) is 3.30. The van der Waals surface area contributed by atoms with Gasteiger partial charge in [-0.3, -0.25) is 4.90 Å². The number of hydrogen-bond acceptors (Lipinski definition) is 6. The maximum atomic E-state index is 12.3. The maximum Gasteiger partial charge on any atom is 0.414 e. The largest absolute Gasteiger partial charge is 0.497 e. The Morgan fingerprint density at radius 2 is 1.48 bits per heavy atom. The highest BCUT2D eigenvalue weighted by Gasteiger charge is 2.32. The van der Waals surface area contributed by atoms with Gasteiger partial charge in [-0.2, -0.15) is 0 Å². The number of nitrogens with zero attached hydrogens (tertiary/aromatic N) is 2. The average molecular weight is 477 g/mol.